The Morgan fingerprint density at radius 3 is 2.77 bits per heavy atom. The Hall–Kier alpha value is -3.00. The molecule has 3 aromatic rings. The van der Waals surface area contributed by atoms with Gasteiger partial charge >= 0.3 is 0 Å². The molecule has 1 aliphatic rings. The van der Waals surface area contributed by atoms with Gasteiger partial charge in [0.2, 0.25) is 5.91 Å². The molecule has 0 saturated carbocycles. The van der Waals surface area contributed by atoms with E-state index in [9.17, 15) is 14.4 Å². The first-order chi connectivity index (χ1) is 14.9. The van der Waals surface area contributed by atoms with Crippen LogP contribution in [0, 0.1) is 6.92 Å². The van der Waals surface area contributed by atoms with Gasteiger partial charge in [0.05, 0.1) is 10.6 Å². The molecule has 0 spiro atoms. The third kappa shape index (κ3) is 4.54. The molecule has 162 valence electrons. The Bertz CT molecular complexity index is 1180. The second-order valence-corrected chi connectivity index (χ2v) is 9.09. The zero-order chi connectivity index (χ0) is 22.0. The highest BCUT2D eigenvalue weighted by atomic mass is 32.1. The minimum atomic E-state index is -0.432. The van der Waals surface area contributed by atoms with Gasteiger partial charge in [0.1, 0.15) is 6.54 Å². The van der Waals surface area contributed by atoms with Crippen molar-refractivity contribution < 1.29 is 9.59 Å². The van der Waals surface area contributed by atoms with Crippen LogP contribution in [-0.2, 0) is 17.8 Å². The number of benzene rings is 1. The fourth-order valence-corrected chi connectivity index (χ4v) is 5.42. The average Bonchev–Trinajstić information content (AvgIpc) is 2.94. The minimum Gasteiger partial charge on any atom is -0.365 e. The summed E-state index contributed by atoms with van der Waals surface area (Å²) in [5, 5.41) is 5.23. The van der Waals surface area contributed by atoms with E-state index in [1.54, 1.807) is 13.0 Å². The maximum Gasteiger partial charge on any atom is 0.267 e. The number of primary amides is 1. The Morgan fingerprint density at radius 2 is 1.97 bits per heavy atom. The van der Waals surface area contributed by atoms with E-state index < -0.39 is 5.91 Å². The molecule has 1 aromatic carbocycles. The summed E-state index contributed by atoms with van der Waals surface area (Å²) in [7, 11) is 0. The summed E-state index contributed by atoms with van der Waals surface area (Å²) in [5.41, 5.74) is 7.01. The molecule has 2 amide bonds. The number of carbonyl (C=O) groups is 2. The number of aromatic nitrogens is 2. The molecule has 1 atom stereocenters. The quantitative estimate of drug-likeness (QED) is 0.662. The Kier molecular flexibility index (Phi) is 6.18. The summed E-state index contributed by atoms with van der Waals surface area (Å²) in [6.45, 7) is 2.35. The lowest BCUT2D eigenvalue weighted by molar-refractivity contribution is -0.134. The van der Waals surface area contributed by atoms with Crippen LogP contribution in [-0.4, -0.2) is 39.1 Å². The van der Waals surface area contributed by atoms with Gasteiger partial charge < -0.3 is 10.6 Å². The van der Waals surface area contributed by atoms with Gasteiger partial charge in [-0.05, 0) is 49.3 Å². The van der Waals surface area contributed by atoms with Gasteiger partial charge in [-0.2, -0.15) is 5.10 Å². The molecule has 0 aliphatic carbocycles. The number of fused-ring (bicyclic) bond motifs is 1. The van der Waals surface area contributed by atoms with Crippen molar-refractivity contribution >= 4 is 33.2 Å². The molecule has 4 rings (SSSR count). The van der Waals surface area contributed by atoms with E-state index in [0.29, 0.717) is 23.5 Å². The smallest absolute Gasteiger partial charge is 0.267 e. The lowest BCUT2D eigenvalue weighted by Gasteiger charge is -2.30. The summed E-state index contributed by atoms with van der Waals surface area (Å²) in [4.78, 5) is 40.0. The van der Waals surface area contributed by atoms with Crippen LogP contribution >= 0.6 is 11.3 Å². The first-order valence-corrected chi connectivity index (χ1v) is 11.4. The molecular weight excluding hydrogens is 412 g/mol. The van der Waals surface area contributed by atoms with Crippen LogP contribution in [0.4, 0.5) is 0 Å². The SMILES string of the molecule is Cc1ccc(=O)n(CC(=O)N2CCCCC[C@H]2Cc2c(C(N)=O)sc3ccccc23)n1. The highest BCUT2D eigenvalue weighted by Crippen LogP contribution is 2.33. The van der Waals surface area contributed by atoms with Crippen LogP contribution in [0.25, 0.3) is 10.1 Å². The summed E-state index contributed by atoms with van der Waals surface area (Å²) in [6.07, 6.45) is 4.42. The summed E-state index contributed by atoms with van der Waals surface area (Å²) in [5.74, 6) is -0.550. The fraction of sp³-hybridized carbons (Fsp3) is 0.391. The standard InChI is InChI=1S/C23H26N4O3S/c1-15-10-11-20(28)27(25-15)14-21(29)26-12-6-2-3-7-16(26)13-18-17-8-4-5-9-19(17)31-22(18)23(24)30/h4-5,8-11,16H,2-3,6-7,12-14H2,1H3,(H2,24,30)/t16-/m0/s1. The molecule has 3 heterocycles. The molecule has 2 aromatic heterocycles. The van der Waals surface area contributed by atoms with E-state index in [4.69, 9.17) is 5.73 Å². The van der Waals surface area contributed by atoms with Crippen LogP contribution in [0.1, 0.15) is 46.6 Å². The van der Waals surface area contributed by atoms with Crippen molar-refractivity contribution in [3.05, 3.63) is 62.9 Å². The van der Waals surface area contributed by atoms with Crippen molar-refractivity contribution in [3.8, 4) is 0 Å². The second-order valence-electron chi connectivity index (χ2n) is 8.04. The predicted molar refractivity (Wildman–Crippen MR) is 121 cm³/mol. The Labute approximate surface area is 184 Å². The van der Waals surface area contributed by atoms with Gasteiger partial charge in [-0.3, -0.25) is 14.4 Å². The number of aryl methyl sites for hydroxylation is 1. The van der Waals surface area contributed by atoms with Gasteiger partial charge in [0.25, 0.3) is 11.5 Å². The molecule has 0 unspecified atom stereocenters. The molecular formula is C23H26N4O3S. The Balaban J connectivity index is 1.65. The molecule has 2 N–H and O–H groups in total. The molecule has 8 heteroatoms. The largest absolute Gasteiger partial charge is 0.365 e. The van der Waals surface area contributed by atoms with Crippen molar-refractivity contribution in [2.45, 2.75) is 51.6 Å². The van der Waals surface area contributed by atoms with Crippen LogP contribution < -0.4 is 11.3 Å². The number of thiophene rings is 1. The monoisotopic (exact) mass is 438 g/mol. The highest BCUT2D eigenvalue weighted by Gasteiger charge is 2.29. The highest BCUT2D eigenvalue weighted by molar-refractivity contribution is 7.21. The van der Waals surface area contributed by atoms with E-state index >= 15 is 0 Å². The van der Waals surface area contributed by atoms with Gasteiger partial charge in [-0.25, -0.2) is 4.68 Å². The first kappa shape index (κ1) is 21.2. The van der Waals surface area contributed by atoms with Gasteiger partial charge in [-0.15, -0.1) is 11.3 Å². The van der Waals surface area contributed by atoms with E-state index in [0.717, 1.165) is 41.3 Å². The molecule has 1 aliphatic heterocycles. The zero-order valence-corrected chi connectivity index (χ0v) is 18.4. The lowest BCUT2D eigenvalue weighted by Crippen LogP contribution is -2.44. The second kappa shape index (κ2) is 9.01. The van der Waals surface area contributed by atoms with Crippen LogP contribution in [0.2, 0.25) is 0 Å². The van der Waals surface area contributed by atoms with Crippen molar-refractivity contribution in [3.63, 3.8) is 0 Å². The first-order valence-electron chi connectivity index (χ1n) is 10.6. The van der Waals surface area contributed by atoms with Gasteiger partial charge in [0.15, 0.2) is 0 Å². The van der Waals surface area contributed by atoms with Crippen LogP contribution in [0.5, 0.6) is 0 Å². The minimum absolute atomic E-state index is 0.0494. The maximum atomic E-state index is 13.2. The van der Waals surface area contributed by atoms with Gasteiger partial charge in [-0.1, -0.05) is 31.0 Å². The van der Waals surface area contributed by atoms with Crippen LogP contribution in [0.15, 0.2) is 41.2 Å². The normalized spacial score (nSPS) is 16.9. The maximum absolute atomic E-state index is 13.2. The molecule has 1 saturated heterocycles. The topological polar surface area (TPSA) is 98.3 Å². The lowest BCUT2D eigenvalue weighted by atomic mass is 9.98. The van der Waals surface area contributed by atoms with E-state index in [1.165, 1.54) is 22.1 Å². The zero-order valence-electron chi connectivity index (χ0n) is 17.5. The summed E-state index contributed by atoms with van der Waals surface area (Å²) in [6, 6.07) is 10.9. The van der Waals surface area contributed by atoms with Crippen molar-refractivity contribution in [1.29, 1.82) is 0 Å². The number of nitrogens with two attached hydrogens (primary N) is 1. The summed E-state index contributed by atoms with van der Waals surface area (Å²) >= 11 is 1.41. The number of hydrogen-bond donors (Lipinski definition) is 1. The number of carbonyl (C=O) groups excluding carboxylic acids is 2. The molecule has 7 nitrogen and oxygen atoms in total. The number of hydrogen-bond acceptors (Lipinski definition) is 5. The van der Waals surface area contributed by atoms with Gasteiger partial charge in [0, 0.05) is 23.4 Å². The van der Waals surface area contributed by atoms with E-state index in [1.807, 2.05) is 29.2 Å². The average molecular weight is 439 g/mol. The van der Waals surface area contributed by atoms with Crippen LogP contribution in [0.3, 0.4) is 0 Å². The van der Waals surface area contributed by atoms with E-state index in [2.05, 4.69) is 5.10 Å². The fourth-order valence-electron chi connectivity index (χ4n) is 4.34. The van der Waals surface area contributed by atoms with Crippen molar-refractivity contribution in [1.82, 2.24) is 14.7 Å². The number of amides is 2. The molecule has 1 fully saturated rings. The molecule has 0 bridgehead atoms. The molecule has 31 heavy (non-hydrogen) atoms. The predicted octanol–water partition coefficient (Wildman–Crippen LogP) is 2.88. The molecule has 0 radical (unpaired) electrons. The van der Waals surface area contributed by atoms with Crippen molar-refractivity contribution in [2.24, 2.45) is 5.73 Å². The number of likely N-dealkylation sites (tertiary alicyclic amines) is 1. The number of rotatable bonds is 5. The Morgan fingerprint density at radius 1 is 1.16 bits per heavy atom. The summed E-state index contributed by atoms with van der Waals surface area (Å²) < 4.78 is 2.25. The van der Waals surface area contributed by atoms with E-state index in [-0.39, 0.29) is 24.1 Å². The number of nitrogens with zero attached hydrogens (tertiary/aromatic N) is 3. The van der Waals surface area contributed by atoms with Crippen molar-refractivity contribution in [2.75, 3.05) is 6.54 Å². The third-order valence-corrected chi connectivity index (χ3v) is 7.07. The third-order valence-electron chi connectivity index (χ3n) is 5.84.